The summed E-state index contributed by atoms with van der Waals surface area (Å²) in [5, 5.41) is 107. The van der Waals surface area contributed by atoms with Gasteiger partial charge in [0.05, 0.1) is 0 Å². The number of carboxylic acid groups (broad SMARTS) is 12. The Morgan fingerprint density at radius 1 is 0.211 bits per heavy atom. The molecular weight excluding hydrogens is 1200 g/mol. The topological polar surface area (TPSA) is 638 Å². The molecule has 0 aromatic heterocycles. The first-order valence-electron chi connectivity index (χ1n) is 20.8. The molecule has 12 N–H and O–H groups in total. The fourth-order valence-corrected chi connectivity index (χ4v) is 3.56. The van der Waals surface area contributed by atoms with Gasteiger partial charge in [-0.2, -0.15) is 0 Å². The van der Waals surface area contributed by atoms with Gasteiger partial charge in [-0.3, -0.25) is 0 Å². The van der Waals surface area contributed by atoms with E-state index >= 15 is 0 Å². The fraction of sp³-hybridized carbons (Fsp3) is 0.714. The van der Waals surface area contributed by atoms with Crippen LogP contribution in [-0.4, -0.2) is 108 Å². The predicted octanol–water partition coefficient (Wildman–Crippen LogP) is -14.3. The Labute approximate surface area is 487 Å². The second-order valence-electron chi connectivity index (χ2n) is 13.7. The van der Waals surface area contributed by atoms with Crippen LogP contribution in [-0.2, 0) is 126 Å². The SMILES string of the molecule is CC(=O)[O-].CC(=O)[O-].CC(=O)[O-].CC(=O)[O-].CC(=O)[O-].CC(=O)[O-].CC(=O)[O-].CC(=O)[O-].CC(=O)[O-].CC(=O)[O-].CC(=O)[O-].CC(=O)[O-].NC1CCCCC1N.NC1CCCCC1N.NC1CCCCC1N.[Fe+3].[Fe+3].[Fe+3].[Fe+3]. The maximum Gasteiger partial charge on any atom is 3.00 e. The van der Waals surface area contributed by atoms with Crippen LogP contribution in [0.3, 0.4) is 0 Å². The summed E-state index contributed by atoms with van der Waals surface area (Å²) in [6.45, 7) is 11.7. The minimum atomic E-state index is -1.08. The third-order valence-corrected chi connectivity index (χ3v) is 5.62. The molecule has 3 fully saturated rings. The van der Waals surface area contributed by atoms with Gasteiger partial charge in [0.2, 0.25) is 0 Å². The molecular formula is C42H78Fe4N6O24. The third-order valence-electron chi connectivity index (χ3n) is 5.62. The normalized spacial score (nSPS) is 16.5. The minimum Gasteiger partial charge on any atom is -0.550 e. The summed E-state index contributed by atoms with van der Waals surface area (Å²) in [6.07, 6.45) is 14.4. The molecule has 3 rings (SSSR count). The van der Waals surface area contributed by atoms with Gasteiger partial charge in [-0.15, -0.1) is 0 Å². The molecule has 3 aliphatic rings. The Morgan fingerprint density at radius 2 is 0.250 bits per heavy atom. The molecule has 6 unspecified atom stereocenters. The van der Waals surface area contributed by atoms with Crippen LogP contribution in [0.2, 0.25) is 0 Å². The monoisotopic (exact) mass is 1270 g/mol. The van der Waals surface area contributed by atoms with Crippen molar-refractivity contribution in [1.29, 1.82) is 0 Å². The summed E-state index contributed by atoms with van der Waals surface area (Å²) in [5.41, 5.74) is 33.9. The molecule has 6 atom stereocenters. The van der Waals surface area contributed by atoms with E-state index in [-0.39, 0.29) is 105 Å². The van der Waals surface area contributed by atoms with Crippen molar-refractivity contribution in [1.82, 2.24) is 0 Å². The first kappa shape index (κ1) is 115. The van der Waals surface area contributed by atoms with E-state index in [4.69, 9.17) is 153 Å². The number of nitrogens with two attached hydrogens (primary N) is 6. The van der Waals surface area contributed by atoms with E-state index in [2.05, 4.69) is 0 Å². The van der Waals surface area contributed by atoms with Crippen LogP contribution in [0.1, 0.15) is 160 Å². The Morgan fingerprint density at radius 3 is 0.276 bits per heavy atom. The summed E-state index contributed by atoms with van der Waals surface area (Å²) in [6, 6.07) is 1.69. The van der Waals surface area contributed by atoms with Gasteiger partial charge < -0.3 is 153 Å². The number of hydrogen-bond donors (Lipinski definition) is 6. The summed E-state index contributed by atoms with van der Waals surface area (Å²) >= 11 is 0. The number of aliphatic carboxylic acids is 12. The molecule has 0 heterocycles. The van der Waals surface area contributed by atoms with Gasteiger partial charge >= 0.3 is 68.3 Å². The molecule has 30 nitrogen and oxygen atoms in total. The van der Waals surface area contributed by atoms with E-state index in [0.29, 0.717) is 0 Å². The van der Waals surface area contributed by atoms with Crippen molar-refractivity contribution in [3.05, 3.63) is 0 Å². The number of carboxylic acids is 12. The molecule has 0 spiro atoms. The van der Waals surface area contributed by atoms with Crippen LogP contribution in [0.15, 0.2) is 0 Å². The fourth-order valence-electron chi connectivity index (χ4n) is 3.56. The summed E-state index contributed by atoms with van der Waals surface area (Å²) in [5.74, 6) is -13.0. The molecule has 3 aliphatic carbocycles. The van der Waals surface area contributed by atoms with E-state index in [1.165, 1.54) is 38.5 Å². The van der Waals surface area contributed by atoms with E-state index in [1.807, 2.05) is 0 Å². The average Bonchev–Trinajstić information content (AvgIpc) is 3.10. The van der Waals surface area contributed by atoms with Gasteiger partial charge in [-0.25, -0.2) is 0 Å². The third kappa shape index (κ3) is 402. The molecule has 4 radical (unpaired) electrons. The molecule has 34 heteroatoms. The molecule has 3 saturated carbocycles. The molecule has 452 valence electrons. The van der Waals surface area contributed by atoms with Gasteiger partial charge in [0.25, 0.3) is 0 Å². The first-order chi connectivity index (χ1) is 32.2. The van der Waals surface area contributed by atoms with Crippen LogP contribution < -0.4 is 95.7 Å². The summed E-state index contributed by atoms with van der Waals surface area (Å²) in [7, 11) is 0. The second kappa shape index (κ2) is 90.0. The van der Waals surface area contributed by atoms with Gasteiger partial charge in [-0.05, 0) is 122 Å². The number of hydrogen-bond acceptors (Lipinski definition) is 30. The Balaban J connectivity index is -0.0000000366. The van der Waals surface area contributed by atoms with Crippen molar-refractivity contribution in [3.63, 3.8) is 0 Å². The largest absolute Gasteiger partial charge is 3.00 e. The molecule has 0 aromatic carbocycles. The standard InChI is InChI=1S/3C6H14N2.12C2H4O2.4Fe/c3*7-5-3-1-2-4-6(5)8;12*1-2(3)4;;;;/h3*5-6H,1-4,7-8H2;12*1H3,(H,3,4);;;;/q;;;;;;;;;;;;;;;4*+3/p-12. The van der Waals surface area contributed by atoms with E-state index in [1.54, 1.807) is 0 Å². The van der Waals surface area contributed by atoms with Gasteiger partial charge in [0.15, 0.2) is 0 Å². The summed E-state index contributed by atoms with van der Waals surface area (Å²) < 4.78 is 0. The zero-order chi connectivity index (χ0) is 60.9. The van der Waals surface area contributed by atoms with Crippen LogP contribution >= 0.6 is 0 Å². The second-order valence-corrected chi connectivity index (χ2v) is 13.7. The maximum absolute atomic E-state index is 8.89. The van der Waals surface area contributed by atoms with Crippen LogP contribution in [0, 0.1) is 0 Å². The minimum absolute atomic E-state index is 0. The molecule has 0 aromatic rings. The molecule has 0 amide bonds. The smallest absolute Gasteiger partial charge is 0.550 e. The van der Waals surface area contributed by atoms with Crippen LogP contribution in [0.25, 0.3) is 0 Å². The predicted molar refractivity (Wildman–Crippen MR) is 231 cm³/mol. The number of carbonyl (C=O) groups is 12. The van der Waals surface area contributed by atoms with Crippen molar-refractivity contribution in [2.45, 2.75) is 196 Å². The average molecular weight is 1270 g/mol. The van der Waals surface area contributed by atoms with Crippen molar-refractivity contribution in [2.75, 3.05) is 0 Å². The first-order valence-corrected chi connectivity index (χ1v) is 20.8. The molecule has 0 aliphatic heterocycles. The van der Waals surface area contributed by atoms with Crippen molar-refractivity contribution in [3.8, 4) is 0 Å². The Bertz CT molecular complexity index is 1040. The van der Waals surface area contributed by atoms with Crippen LogP contribution in [0.5, 0.6) is 0 Å². The number of carbonyl (C=O) groups excluding carboxylic acids is 12. The van der Waals surface area contributed by atoms with Gasteiger partial charge in [-0.1, -0.05) is 38.5 Å². The Hall–Kier alpha value is -4.52. The maximum atomic E-state index is 8.89. The zero-order valence-electron chi connectivity index (χ0n) is 44.6. The van der Waals surface area contributed by atoms with E-state index in [0.717, 1.165) is 122 Å². The zero-order valence-corrected chi connectivity index (χ0v) is 49.0. The quantitative estimate of drug-likeness (QED) is 0.123. The molecule has 0 saturated heterocycles. The van der Waals surface area contributed by atoms with Crippen molar-refractivity contribution >= 4 is 71.6 Å². The van der Waals surface area contributed by atoms with E-state index in [9.17, 15) is 0 Å². The van der Waals surface area contributed by atoms with Crippen molar-refractivity contribution < 1.29 is 187 Å². The molecule has 0 bridgehead atoms. The number of rotatable bonds is 0. The van der Waals surface area contributed by atoms with Crippen molar-refractivity contribution in [2.24, 2.45) is 34.4 Å². The Kier molecular flexibility index (Phi) is 137. The van der Waals surface area contributed by atoms with Crippen LogP contribution in [0.4, 0.5) is 0 Å². The molecule has 76 heavy (non-hydrogen) atoms. The van der Waals surface area contributed by atoms with E-state index < -0.39 is 71.6 Å². The van der Waals surface area contributed by atoms with Gasteiger partial charge in [0, 0.05) is 108 Å². The summed E-state index contributed by atoms with van der Waals surface area (Å²) in [4.78, 5) is 107. The van der Waals surface area contributed by atoms with Gasteiger partial charge in [0.1, 0.15) is 0 Å².